The van der Waals surface area contributed by atoms with E-state index in [4.69, 9.17) is 4.74 Å². The molecule has 1 N–H and O–H groups in total. The number of benzene rings is 2. The number of hydrogen-bond acceptors (Lipinski definition) is 3. The summed E-state index contributed by atoms with van der Waals surface area (Å²) in [6.45, 7) is 3.36. The van der Waals surface area contributed by atoms with Crippen molar-refractivity contribution in [1.82, 2.24) is 4.90 Å². The Labute approximate surface area is 166 Å². The van der Waals surface area contributed by atoms with Crippen LogP contribution in [0.4, 0.5) is 5.69 Å². The van der Waals surface area contributed by atoms with Crippen LogP contribution in [-0.4, -0.2) is 30.3 Å². The number of rotatable bonds is 9. The zero-order valence-electron chi connectivity index (χ0n) is 16.6. The van der Waals surface area contributed by atoms with Crippen LogP contribution in [0.1, 0.15) is 31.7 Å². The first-order chi connectivity index (χ1) is 13.6. The average molecular weight is 380 g/mol. The van der Waals surface area contributed by atoms with Gasteiger partial charge in [0.1, 0.15) is 12.4 Å². The third kappa shape index (κ3) is 5.35. The van der Waals surface area contributed by atoms with Crippen molar-refractivity contribution in [1.29, 1.82) is 0 Å². The van der Waals surface area contributed by atoms with Crippen molar-refractivity contribution in [3.8, 4) is 5.75 Å². The van der Waals surface area contributed by atoms with E-state index in [1.807, 2.05) is 61.6 Å². The Morgan fingerprint density at radius 2 is 1.79 bits per heavy atom. The average Bonchev–Trinajstić information content (AvgIpc) is 3.53. The van der Waals surface area contributed by atoms with E-state index in [1.54, 1.807) is 4.90 Å². The zero-order valence-corrected chi connectivity index (χ0v) is 16.6. The Hall–Kier alpha value is -2.82. The van der Waals surface area contributed by atoms with Crippen LogP contribution in [0.5, 0.6) is 5.75 Å². The molecule has 2 atom stereocenters. The summed E-state index contributed by atoms with van der Waals surface area (Å²) in [5.41, 5.74) is 1.82. The summed E-state index contributed by atoms with van der Waals surface area (Å²) in [7, 11) is 1.82. The summed E-state index contributed by atoms with van der Waals surface area (Å²) in [6, 6.07) is 17.3. The lowest BCUT2D eigenvalue weighted by atomic mass is 10.2. The van der Waals surface area contributed by atoms with E-state index < -0.39 is 0 Å². The summed E-state index contributed by atoms with van der Waals surface area (Å²) < 4.78 is 5.76. The number of unbranched alkanes of at least 4 members (excludes halogenated alkanes) is 1. The molecule has 1 fully saturated rings. The standard InChI is InChI=1S/C23H28N2O3/c1-3-4-14-25(2)23(27)21-15-20(21)22(26)24-18-10-12-19(13-11-18)28-16-17-8-6-5-7-9-17/h5-13,20-21H,3-4,14-16H2,1-2H3,(H,24,26). The first kappa shape index (κ1) is 19.9. The summed E-state index contributed by atoms with van der Waals surface area (Å²) in [4.78, 5) is 26.5. The van der Waals surface area contributed by atoms with Crippen LogP contribution >= 0.6 is 0 Å². The Morgan fingerprint density at radius 1 is 1.07 bits per heavy atom. The predicted octanol–water partition coefficient (Wildman–Crippen LogP) is 4.10. The lowest BCUT2D eigenvalue weighted by Gasteiger charge is -2.16. The van der Waals surface area contributed by atoms with Gasteiger partial charge in [0.25, 0.3) is 0 Å². The molecular formula is C23H28N2O3. The van der Waals surface area contributed by atoms with Crippen LogP contribution in [0.2, 0.25) is 0 Å². The number of amides is 2. The van der Waals surface area contributed by atoms with Gasteiger partial charge in [0.15, 0.2) is 0 Å². The van der Waals surface area contributed by atoms with E-state index in [0.717, 1.165) is 36.4 Å². The second-order valence-corrected chi connectivity index (χ2v) is 7.35. The molecule has 3 rings (SSSR count). The van der Waals surface area contributed by atoms with Crippen molar-refractivity contribution in [3.63, 3.8) is 0 Å². The highest BCUT2D eigenvalue weighted by molar-refractivity contribution is 5.99. The van der Waals surface area contributed by atoms with Crippen molar-refractivity contribution < 1.29 is 14.3 Å². The van der Waals surface area contributed by atoms with Gasteiger partial charge in [-0.2, -0.15) is 0 Å². The van der Waals surface area contributed by atoms with Gasteiger partial charge in [0.2, 0.25) is 11.8 Å². The molecule has 0 spiro atoms. The summed E-state index contributed by atoms with van der Waals surface area (Å²) in [5, 5.41) is 2.91. The first-order valence-electron chi connectivity index (χ1n) is 9.91. The van der Waals surface area contributed by atoms with Gasteiger partial charge in [0.05, 0.1) is 11.8 Å². The molecule has 0 aliphatic heterocycles. The molecular weight excluding hydrogens is 352 g/mol. The van der Waals surface area contributed by atoms with Gasteiger partial charge >= 0.3 is 0 Å². The van der Waals surface area contributed by atoms with Gasteiger partial charge in [-0.25, -0.2) is 0 Å². The highest BCUT2D eigenvalue weighted by Crippen LogP contribution is 2.40. The highest BCUT2D eigenvalue weighted by Gasteiger charge is 2.48. The Morgan fingerprint density at radius 3 is 2.46 bits per heavy atom. The topological polar surface area (TPSA) is 58.6 Å². The number of hydrogen-bond donors (Lipinski definition) is 1. The zero-order chi connectivity index (χ0) is 19.9. The van der Waals surface area contributed by atoms with Gasteiger partial charge < -0.3 is 15.0 Å². The monoisotopic (exact) mass is 380 g/mol. The van der Waals surface area contributed by atoms with Crippen molar-refractivity contribution in [3.05, 3.63) is 60.2 Å². The van der Waals surface area contributed by atoms with E-state index in [9.17, 15) is 9.59 Å². The van der Waals surface area contributed by atoms with Crippen LogP contribution in [-0.2, 0) is 16.2 Å². The molecule has 0 radical (unpaired) electrons. The fraction of sp³-hybridized carbons (Fsp3) is 0.391. The van der Waals surface area contributed by atoms with Crippen LogP contribution < -0.4 is 10.1 Å². The molecule has 2 amide bonds. The maximum Gasteiger partial charge on any atom is 0.228 e. The fourth-order valence-corrected chi connectivity index (χ4v) is 3.16. The number of anilines is 1. The molecule has 2 aromatic carbocycles. The lowest BCUT2D eigenvalue weighted by Crippen LogP contribution is -2.30. The smallest absolute Gasteiger partial charge is 0.228 e. The number of nitrogens with one attached hydrogen (secondary N) is 1. The van der Waals surface area contributed by atoms with Gasteiger partial charge in [-0.15, -0.1) is 0 Å². The largest absolute Gasteiger partial charge is 0.489 e. The van der Waals surface area contributed by atoms with Gasteiger partial charge in [-0.3, -0.25) is 9.59 Å². The normalized spacial score (nSPS) is 17.6. The SMILES string of the molecule is CCCCN(C)C(=O)C1CC1C(=O)Nc1ccc(OCc2ccccc2)cc1. The number of ether oxygens (including phenoxy) is 1. The van der Waals surface area contributed by atoms with Crippen LogP contribution in [0, 0.1) is 11.8 Å². The molecule has 1 aliphatic carbocycles. The van der Waals surface area contributed by atoms with Crippen LogP contribution in [0.25, 0.3) is 0 Å². The van der Waals surface area contributed by atoms with Gasteiger partial charge in [0, 0.05) is 19.3 Å². The molecule has 0 aromatic heterocycles. The van der Waals surface area contributed by atoms with E-state index >= 15 is 0 Å². The molecule has 1 saturated carbocycles. The van der Waals surface area contributed by atoms with E-state index in [2.05, 4.69) is 12.2 Å². The van der Waals surface area contributed by atoms with Crippen LogP contribution in [0.15, 0.2) is 54.6 Å². The third-order valence-corrected chi connectivity index (χ3v) is 5.04. The molecule has 5 nitrogen and oxygen atoms in total. The molecule has 0 saturated heterocycles. The van der Waals surface area contributed by atoms with Crippen molar-refractivity contribution in [2.24, 2.45) is 11.8 Å². The molecule has 0 heterocycles. The Kier molecular flexibility index (Phi) is 6.69. The number of carbonyl (C=O) groups excluding carboxylic acids is 2. The minimum absolute atomic E-state index is 0.0817. The minimum Gasteiger partial charge on any atom is -0.489 e. The molecule has 5 heteroatoms. The van der Waals surface area contributed by atoms with Crippen LogP contribution in [0.3, 0.4) is 0 Å². The second-order valence-electron chi connectivity index (χ2n) is 7.35. The molecule has 148 valence electrons. The van der Waals surface area contributed by atoms with Gasteiger partial charge in [-0.05, 0) is 42.7 Å². The third-order valence-electron chi connectivity index (χ3n) is 5.04. The maximum atomic E-state index is 12.4. The predicted molar refractivity (Wildman–Crippen MR) is 110 cm³/mol. The first-order valence-corrected chi connectivity index (χ1v) is 9.91. The molecule has 1 aliphatic rings. The van der Waals surface area contributed by atoms with E-state index in [0.29, 0.717) is 13.0 Å². The van der Waals surface area contributed by atoms with Crippen molar-refractivity contribution >= 4 is 17.5 Å². The molecule has 2 aromatic rings. The number of nitrogens with zero attached hydrogens (tertiary/aromatic N) is 1. The second kappa shape index (κ2) is 9.40. The molecule has 2 unspecified atom stereocenters. The fourth-order valence-electron chi connectivity index (χ4n) is 3.16. The van der Waals surface area contributed by atoms with E-state index in [1.165, 1.54) is 0 Å². The Bertz CT molecular complexity index is 789. The molecule has 28 heavy (non-hydrogen) atoms. The van der Waals surface area contributed by atoms with Gasteiger partial charge in [-0.1, -0.05) is 43.7 Å². The maximum absolute atomic E-state index is 12.4. The quantitative estimate of drug-likeness (QED) is 0.713. The molecule has 0 bridgehead atoms. The summed E-state index contributed by atoms with van der Waals surface area (Å²) in [6.07, 6.45) is 2.68. The summed E-state index contributed by atoms with van der Waals surface area (Å²) >= 11 is 0. The Balaban J connectivity index is 1.45. The van der Waals surface area contributed by atoms with E-state index in [-0.39, 0.29) is 23.7 Å². The summed E-state index contributed by atoms with van der Waals surface area (Å²) in [5.74, 6) is 0.359. The lowest BCUT2D eigenvalue weighted by molar-refractivity contribution is -0.132. The van der Waals surface area contributed by atoms with Crippen molar-refractivity contribution in [2.75, 3.05) is 18.9 Å². The van der Waals surface area contributed by atoms with Crippen molar-refractivity contribution in [2.45, 2.75) is 32.8 Å². The highest BCUT2D eigenvalue weighted by atomic mass is 16.5. The number of carbonyl (C=O) groups is 2. The minimum atomic E-state index is -0.217.